The highest BCUT2D eigenvalue weighted by Gasteiger charge is 2.19. The number of hydrogen-bond acceptors (Lipinski definition) is 7. The lowest BCUT2D eigenvalue weighted by molar-refractivity contribution is 0.349. The number of rotatable bonds is 5. The zero-order chi connectivity index (χ0) is 14.7. The maximum absolute atomic E-state index is 5.71. The minimum atomic E-state index is -0.331. The summed E-state index contributed by atoms with van der Waals surface area (Å²) in [5, 5.41) is 3.90. The molecule has 1 unspecified atom stereocenters. The minimum Gasteiger partial charge on any atom is -0.496 e. The molecule has 2 N–H and O–H groups in total. The van der Waals surface area contributed by atoms with Gasteiger partial charge in [0.05, 0.1) is 32.9 Å². The third-order valence-corrected chi connectivity index (χ3v) is 2.78. The van der Waals surface area contributed by atoms with Gasteiger partial charge < -0.3 is 24.5 Å². The van der Waals surface area contributed by atoms with Crippen LogP contribution in [0.15, 0.2) is 16.7 Å². The Bertz CT molecular complexity index is 595. The second-order valence-electron chi connectivity index (χ2n) is 4.15. The number of benzene rings is 1. The first-order chi connectivity index (χ1) is 9.60. The van der Waals surface area contributed by atoms with Crippen molar-refractivity contribution in [2.24, 2.45) is 5.73 Å². The molecule has 0 spiro atoms. The number of nitrogens with zero attached hydrogens (tertiary/aromatic N) is 2. The topological polar surface area (TPSA) is 92.6 Å². The molecule has 0 aliphatic heterocycles. The third kappa shape index (κ3) is 2.53. The molecule has 2 aromatic rings. The fraction of sp³-hybridized carbons (Fsp3) is 0.385. The van der Waals surface area contributed by atoms with Gasteiger partial charge in [-0.3, -0.25) is 0 Å². The number of aromatic nitrogens is 2. The first-order valence-electron chi connectivity index (χ1n) is 6.00. The molecular weight excluding hydrogens is 262 g/mol. The first kappa shape index (κ1) is 14.1. The van der Waals surface area contributed by atoms with Crippen LogP contribution in [0.5, 0.6) is 17.2 Å². The predicted octanol–water partition coefficient (Wildman–Crippen LogP) is 1.78. The van der Waals surface area contributed by atoms with Crippen LogP contribution in [0.2, 0.25) is 0 Å². The summed E-state index contributed by atoms with van der Waals surface area (Å²) >= 11 is 0. The van der Waals surface area contributed by atoms with Crippen molar-refractivity contribution >= 4 is 0 Å². The van der Waals surface area contributed by atoms with Gasteiger partial charge in [0.1, 0.15) is 5.75 Å². The molecule has 1 atom stereocenters. The van der Waals surface area contributed by atoms with Crippen molar-refractivity contribution in [2.75, 3.05) is 21.3 Å². The van der Waals surface area contributed by atoms with E-state index in [0.717, 1.165) is 0 Å². The summed E-state index contributed by atoms with van der Waals surface area (Å²) in [5.74, 6) is 2.41. The summed E-state index contributed by atoms with van der Waals surface area (Å²) in [6, 6.07) is 3.10. The first-order valence-corrected chi connectivity index (χ1v) is 6.00. The minimum absolute atomic E-state index is 0.331. The predicted molar refractivity (Wildman–Crippen MR) is 72.0 cm³/mol. The van der Waals surface area contributed by atoms with E-state index >= 15 is 0 Å². The molecule has 2 rings (SSSR count). The normalized spacial score (nSPS) is 12.1. The van der Waals surface area contributed by atoms with E-state index < -0.39 is 0 Å². The van der Waals surface area contributed by atoms with E-state index in [0.29, 0.717) is 34.5 Å². The van der Waals surface area contributed by atoms with Crippen molar-refractivity contribution in [3.63, 3.8) is 0 Å². The largest absolute Gasteiger partial charge is 0.496 e. The van der Waals surface area contributed by atoms with Crippen LogP contribution >= 0.6 is 0 Å². The molecule has 20 heavy (non-hydrogen) atoms. The lowest BCUT2D eigenvalue weighted by Crippen LogP contribution is -2.04. The Morgan fingerprint density at radius 1 is 1.05 bits per heavy atom. The van der Waals surface area contributed by atoms with Crippen LogP contribution < -0.4 is 19.9 Å². The number of hydrogen-bond donors (Lipinski definition) is 1. The van der Waals surface area contributed by atoms with Crippen LogP contribution in [0.1, 0.15) is 18.9 Å². The van der Waals surface area contributed by atoms with Crippen molar-refractivity contribution in [3.8, 4) is 28.6 Å². The smallest absolute Gasteiger partial charge is 0.243 e. The molecule has 0 radical (unpaired) electrons. The summed E-state index contributed by atoms with van der Waals surface area (Å²) in [6.07, 6.45) is 0. The Kier molecular flexibility index (Phi) is 4.09. The maximum atomic E-state index is 5.71. The average Bonchev–Trinajstić information content (AvgIpc) is 2.95. The van der Waals surface area contributed by atoms with Gasteiger partial charge in [0.15, 0.2) is 11.5 Å². The number of ether oxygens (including phenoxy) is 3. The van der Waals surface area contributed by atoms with E-state index in [-0.39, 0.29) is 6.04 Å². The van der Waals surface area contributed by atoms with Crippen LogP contribution in [0.4, 0.5) is 0 Å². The van der Waals surface area contributed by atoms with Crippen molar-refractivity contribution in [3.05, 3.63) is 18.0 Å². The fourth-order valence-electron chi connectivity index (χ4n) is 1.73. The molecule has 1 aromatic carbocycles. The van der Waals surface area contributed by atoms with Gasteiger partial charge in [-0.1, -0.05) is 5.16 Å². The summed E-state index contributed by atoms with van der Waals surface area (Å²) in [4.78, 5) is 4.24. The van der Waals surface area contributed by atoms with Crippen molar-refractivity contribution < 1.29 is 18.7 Å². The van der Waals surface area contributed by atoms with Crippen LogP contribution in [0.3, 0.4) is 0 Å². The summed E-state index contributed by atoms with van der Waals surface area (Å²) in [6.45, 7) is 1.77. The highest BCUT2D eigenvalue weighted by Crippen LogP contribution is 2.39. The molecule has 0 saturated heterocycles. The Balaban J connectivity index is 2.53. The van der Waals surface area contributed by atoms with Gasteiger partial charge in [-0.05, 0) is 13.0 Å². The average molecular weight is 279 g/mol. The SMILES string of the molecule is COc1cc(OC)c(-c2noc(C(C)N)n2)cc1OC. The van der Waals surface area contributed by atoms with Gasteiger partial charge in [-0.25, -0.2) is 0 Å². The molecule has 0 aliphatic rings. The maximum Gasteiger partial charge on any atom is 0.243 e. The highest BCUT2D eigenvalue weighted by molar-refractivity contribution is 5.69. The molecule has 1 heterocycles. The second kappa shape index (κ2) is 5.79. The Morgan fingerprint density at radius 2 is 1.65 bits per heavy atom. The zero-order valence-electron chi connectivity index (χ0n) is 11.8. The highest BCUT2D eigenvalue weighted by atomic mass is 16.5. The third-order valence-electron chi connectivity index (χ3n) is 2.78. The quantitative estimate of drug-likeness (QED) is 0.891. The monoisotopic (exact) mass is 279 g/mol. The van der Waals surface area contributed by atoms with Crippen molar-refractivity contribution in [1.29, 1.82) is 0 Å². The summed E-state index contributed by atoms with van der Waals surface area (Å²) in [5.41, 5.74) is 6.34. The molecule has 0 amide bonds. The Labute approximate surface area is 116 Å². The number of methoxy groups -OCH3 is 3. The molecule has 0 saturated carbocycles. The van der Waals surface area contributed by atoms with E-state index in [2.05, 4.69) is 10.1 Å². The van der Waals surface area contributed by atoms with E-state index in [1.165, 1.54) is 0 Å². The van der Waals surface area contributed by atoms with Gasteiger partial charge in [0.25, 0.3) is 0 Å². The van der Waals surface area contributed by atoms with Crippen LogP contribution in [0, 0.1) is 0 Å². The van der Waals surface area contributed by atoms with Crippen LogP contribution in [-0.2, 0) is 0 Å². The van der Waals surface area contributed by atoms with E-state index in [1.54, 1.807) is 40.4 Å². The number of nitrogens with two attached hydrogens (primary N) is 1. The fourth-order valence-corrected chi connectivity index (χ4v) is 1.73. The molecule has 108 valence electrons. The molecule has 0 bridgehead atoms. The van der Waals surface area contributed by atoms with Crippen molar-refractivity contribution in [1.82, 2.24) is 10.1 Å². The molecule has 0 aliphatic carbocycles. The Morgan fingerprint density at radius 3 is 2.15 bits per heavy atom. The van der Waals surface area contributed by atoms with Gasteiger partial charge >= 0.3 is 0 Å². The van der Waals surface area contributed by atoms with E-state index in [1.807, 2.05) is 0 Å². The second-order valence-corrected chi connectivity index (χ2v) is 4.15. The van der Waals surface area contributed by atoms with Crippen LogP contribution in [0.25, 0.3) is 11.4 Å². The molecule has 0 fully saturated rings. The molecule has 7 heteroatoms. The lowest BCUT2D eigenvalue weighted by atomic mass is 10.1. The van der Waals surface area contributed by atoms with E-state index in [4.69, 9.17) is 24.5 Å². The lowest BCUT2D eigenvalue weighted by Gasteiger charge is -2.12. The molecule has 1 aromatic heterocycles. The van der Waals surface area contributed by atoms with E-state index in [9.17, 15) is 0 Å². The molecule has 7 nitrogen and oxygen atoms in total. The Hall–Kier alpha value is -2.28. The van der Waals surface area contributed by atoms with Gasteiger partial charge in [0.2, 0.25) is 11.7 Å². The standard InChI is InChI=1S/C13H17N3O4/c1-7(14)13-15-12(16-20-13)8-5-10(18-3)11(19-4)6-9(8)17-2/h5-7H,14H2,1-4H3. The summed E-state index contributed by atoms with van der Waals surface area (Å²) in [7, 11) is 4.66. The summed E-state index contributed by atoms with van der Waals surface area (Å²) < 4.78 is 20.9. The van der Waals surface area contributed by atoms with Crippen LogP contribution in [-0.4, -0.2) is 31.5 Å². The molecular formula is C13H17N3O4. The van der Waals surface area contributed by atoms with Gasteiger partial charge in [0, 0.05) is 6.07 Å². The van der Waals surface area contributed by atoms with Crippen molar-refractivity contribution in [2.45, 2.75) is 13.0 Å². The van der Waals surface area contributed by atoms with Gasteiger partial charge in [-0.15, -0.1) is 0 Å². The van der Waals surface area contributed by atoms with Gasteiger partial charge in [-0.2, -0.15) is 4.98 Å². The zero-order valence-corrected chi connectivity index (χ0v) is 11.8.